The van der Waals surface area contributed by atoms with E-state index < -0.39 is 0 Å². The second-order valence-corrected chi connectivity index (χ2v) is 4.27. The van der Waals surface area contributed by atoms with Crippen LogP contribution in [0, 0.1) is 6.92 Å². The summed E-state index contributed by atoms with van der Waals surface area (Å²) in [6.45, 7) is 4.52. The van der Waals surface area contributed by atoms with Crippen molar-refractivity contribution in [2.45, 2.75) is 39.5 Å². The van der Waals surface area contributed by atoms with E-state index in [1.54, 1.807) is 18.2 Å². The normalized spacial score (nSPS) is 10.2. The number of aryl methyl sites for hydroxylation is 1. The van der Waals surface area contributed by atoms with E-state index in [0.29, 0.717) is 17.9 Å². The monoisotopic (exact) mass is 235 g/mol. The smallest absolute Gasteiger partial charge is 0.338 e. The number of nitrogen functional groups attached to an aromatic ring is 1. The summed E-state index contributed by atoms with van der Waals surface area (Å²) in [6, 6.07) is 5.23. The van der Waals surface area contributed by atoms with Gasteiger partial charge in [0.05, 0.1) is 12.2 Å². The molecule has 0 aliphatic carbocycles. The number of hydrogen-bond donors (Lipinski definition) is 1. The van der Waals surface area contributed by atoms with Gasteiger partial charge in [-0.25, -0.2) is 4.79 Å². The van der Waals surface area contributed by atoms with Crippen molar-refractivity contribution in [3.05, 3.63) is 29.3 Å². The fourth-order valence-electron chi connectivity index (χ4n) is 1.69. The lowest BCUT2D eigenvalue weighted by Gasteiger charge is -2.07. The first-order chi connectivity index (χ1) is 8.15. The molecule has 0 radical (unpaired) electrons. The summed E-state index contributed by atoms with van der Waals surface area (Å²) < 4.78 is 5.22. The Morgan fingerprint density at radius 1 is 1.29 bits per heavy atom. The third-order valence-electron chi connectivity index (χ3n) is 2.70. The molecule has 0 unspecified atom stereocenters. The molecule has 0 aromatic heterocycles. The highest BCUT2D eigenvalue weighted by Crippen LogP contribution is 2.13. The Bertz CT molecular complexity index is 374. The number of unbranched alkanes of at least 4 members (excludes halogenated alkanes) is 3. The first-order valence-electron chi connectivity index (χ1n) is 6.18. The molecule has 2 N–H and O–H groups in total. The third kappa shape index (κ3) is 4.47. The molecule has 0 spiro atoms. The highest BCUT2D eigenvalue weighted by atomic mass is 16.5. The lowest BCUT2D eigenvalue weighted by Crippen LogP contribution is -2.08. The summed E-state index contributed by atoms with van der Waals surface area (Å²) in [6.07, 6.45) is 4.43. The van der Waals surface area contributed by atoms with Crippen LogP contribution in [0.15, 0.2) is 18.2 Å². The number of ether oxygens (including phenoxy) is 1. The van der Waals surface area contributed by atoms with Gasteiger partial charge in [-0.15, -0.1) is 0 Å². The van der Waals surface area contributed by atoms with Gasteiger partial charge in [-0.3, -0.25) is 0 Å². The number of rotatable bonds is 6. The molecule has 1 rings (SSSR count). The first kappa shape index (κ1) is 13.6. The molecule has 0 bridgehead atoms. The molecule has 17 heavy (non-hydrogen) atoms. The van der Waals surface area contributed by atoms with Crippen molar-refractivity contribution in [3.8, 4) is 0 Å². The number of benzene rings is 1. The van der Waals surface area contributed by atoms with E-state index >= 15 is 0 Å². The Morgan fingerprint density at radius 2 is 2.06 bits per heavy atom. The fourth-order valence-corrected chi connectivity index (χ4v) is 1.69. The van der Waals surface area contributed by atoms with Gasteiger partial charge >= 0.3 is 5.97 Å². The highest BCUT2D eigenvalue weighted by Gasteiger charge is 2.09. The molecule has 3 heteroatoms. The van der Waals surface area contributed by atoms with Crippen molar-refractivity contribution in [3.63, 3.8) is 0 Å². The van der Waals surface area contributed by atoms with Crippen LogP contribution in [0.3, 0.4) is 0 Å². The lowest BCUT2D eigenvalue weighted by molar-refractivity contribution is 0.0497. The van der Waals surface area contributed by atoms with Gasteiger partial charge in [0.2, 0.25) is 0 Å². The number of carbonyl (C=O) groups excluding carboxylic acids is 1. The maximum absolute atomic E-state index is 11.7. The van der Waals surface area contributed by atoms with Crippen LogP contribution in [0.4, 0.5) is 5.69 Å². The van der Waals surface area contributed by atoms with Gasteiger partial charge in [0.25, 0.3) is 0 Å². The SMILES string of the molecule is CCCCCCOC(=O)c1ccc(N)cc1C. The second-order valence-electron chi connectivity index (χ2n) is 4.27. The Kier molecular flexibility index (Phi) is 5.53. The first-order valence-corrected chi connectivity index (χ1v) is 6.18. The van der Waals surface area contributed by atoms with E-state index in [-0.39, 0.29) is 5.97 Å². The zero-order valence-electron chi connectivity index (χ0n) is 10.7. The summed E-state index contributed by atoms with van der Waals surface area (Å²) in [5.74, 6) is -0.251. The fraction of sp³-hybridized carbons (Fsp3) is 0.500. The summed E-state index contributed by atoms with van der Waals surface area (Å²) in [4.78, 5) is 11.7. The minimum atomic E-state index is -0.251. The van der Waals surface area contributed by atoms with Gasteiger partial charge in [-0.1, -0.05) is 26.2 Å². The predicted molar refractivity (Wildman–Crippen MR) is 70.0 cm³/mol. The highest BCUT2D eigenvalue weighted by molar-refractivity contribution is 5.91. The van der Waals surface area contributed by atoms with Gasteiger partial charge in [0.1, 0.15) is 0 Å². The van der Waals surface area contributed by atoms with Crippen LogP contribution in [0.5, 0.6) is 0 Å². The Hall–Kier alpha value is -1.51. The quantitative estimate of drug-likeness (QED) is 0.467. The largest absolute Gasteiger partial charge is 0.462 e. The van der Waals surface area contributed by atoms with E-state index in [4.69, 9.17) is 10.5 Å². The van der Waals surface area contributed by atoms with Crippen molar-refractivity contribution in [1.82, 2.24) is 0 Å². The minimum Gasteiger partial charge on any atom is -0.462 e. The molecular weight excluding hydrogens is 214 g/mol. The van der Waals surface area contributed by atoms with Crippen LogP contribution in [0.1, 0.15) is 48.5 Å². The van der Waals surface area contributed by atoms with Crippen LogP contribution in [-0.2, 0) is 4.74 Å². The molecule has 0 saturated heterocycles. The minimum absolute atomic E-state index is 0.251. The summed E-state index contributed by atoms with van der Waals surface area (Å²) in [5, 5.41) is 0. The number of esters is 1. The van der Waals surface area contributed by atoms with E-state index in [0.717, 1.165) is 18.4 Å². The zero-order chi connectivity index (χ0) is 12.7. The molecule has 1 aromatic carbocycles. The molecule has 0 saturated carbocycles. The molecule has 0 aliphatic heterocycles. The maximum Gasteiger partial charge on any atom is 0.338 e. The van der Waals surface area contributed by atoms with Gasteiger partial charge in [-0.05, 0) is 37.1 Å². The van der Waals surface area contributed by atoms with Crippen LogP contribution in [-0.4, -0.2) is 12.6 Å². The molecule has 0 aliphatic rings. The average molecular weight is 235 g/mol. The van der Waals surface area contributed by atoms with Gasteiger partial charge in [0.15, 0.2) is 0 Å². The molecule has 94 valence electrons. The van der Waals surface area contributed by atoms with E-state index in [1.165, 1.54) is 12.8 Å². The number of anilines is 1. The third-order valence-corrected chi connectivity index (χ3v) is 2.70. The Morgan fingerprint density at radius 3 is 2.71 bits per heavy atom. The van der Waals surface area contributed by atoms with Crippen LogP contribution >= 0.6 is 0 Å². The van der Waals surface area contributed by atoms with Crippen LogP contribution < -0.4 is 5.73 Å². The van der Waals surface area contributed by atoms with Crippen molar-refractivity contribution in [2.24, 2.45) is 0 Å². The zero-order valence-corrected chi connectivity index (χ0v) is 10.7. The number of hydrogen-bond acceptors (Lipinski definition) is 3. The van der Waals surface area contributed by atoms with Crippen molar-refractivity contribution >= 4 is 11.7 Å². The van der Waals surface area contributed by atoms with Gasteiger partial charge in [0, 0.05) is 5.69 Å². The van der Waals surface area contributed by atoms with Crippen LogP contribution in [0.25, 0.3) is 0 Å². The summed E-state index contributed by atoms with van der Waals surface area (Å²) >= 11 is 0. The van der Waals surface area contributed by atoms with Crippen molar-refractivity contribution < 1.29 is 9.53 Å². The standard InChI is InChI=1S/C14H21NO2/c1-3-4-5-6-9-17-14(16)13-8-7-12(15)10-11(13)2/h7-8,10H,3-6,9,15H2,1-2H3. The van der Waals surface area contributed by atoms with E-state index in [2.05, 4.69) is 6.92 Å². The van der Waals surface area contributed by atoms with Crippen LogP contribution in [0.2, 0.25) is 0 Å². The number of carbonyl (C=O) groups is 1. The molecular formula is C14H21NO2. The molecule has 0 amide bonds. The molecule has 1 aromatic rings. The summed E-state index contributed by atoms with van der Waals surface area (Å²) in [5.41, 5.74) is 7.77. The number of nitrogens with two attached hydrogens (primary N) is 1. The summed E-state index contributed by atoms with van der Waals surface area (Å²) in [7, 11) is 0. The van der Waals surface area contributed by atoms with Crippen molar-refractivity contribution in [2.75, 3.05) is 12.3 Å². The molecule has 0 heterocycles. The molecule has 0 atom stereocenters. The van der Waals surface area contributed by atoms with Crippen molar-refractivity contribution in [1.29, 1.82) is 0 Å². The van der Waals surface area contributed by atoms with E-state index in [1.807, 2.05) is 6.92 Å². The van der Waals surface area contributed by atoms with Gasteiger partial charge < -0.3 is 10.5 Å². The Balaban J connectivity index is 2.42. The molecule has 0 fully saturated rings. The maximum atomic E-state index is 11.7. The predicted octanol–water partition coefficient (Wildman–Crippen LogP) is 3.31. The lowest BCUT2D eigenvalue weighted by atomic mass is 10.1. The van der Waals surface area contributed by atoms with E-state index in [9.17, 15) is 4.79 Å². The topological polar surface area (TPSA) is 52.3 Å². The van der Waals surface area contributed by atoms with Gasteiger partial charge in [-0.2, -0.15) is 0 Å². The average Bonchev–Trinajstić information content (AvgIpc) is 2.28. The Labute approximate surface area is 103 Å². The molecule has 3 nitrogen and oxygen atoms in total. The second kappa shape index (κ2) is 6.94.